The van der Waals surface area contributed by atoms with Gasteiger partial charge in [0, 0.05) is 17.0 Å². The number of para-hydroxylation sites is 1. The maximum Gasteiger partial charge on any atom is 0.340 e. The molecule has 0 saturated heterocycles. The quantitative estimate of drug-likeness (QED) is 0.457. The first-order chi connectivity index (χ1) is 16.4. The van der Waals surface area contributed by atoms with Gasteiger partial charge in [0.2, 0.25) is 5.91 Å². The molecule has 0 unspecified atom stereocenters. The van der Waals surface area contributed by atoms with Gasteiger partial charge in [-0.1, -0.05) is 50.2 Å². The topological polar surface area (TPSA) is 75.7 Å². The Morgan fingerprint density at radius 2 is 1.79 bits per heavy atom. The van der Waals surface area contributed by atoms with Crippen LogP contribution in [-0.4, -0.2) is 35.8 Å². The number of anilines is 1. The van der Waals surface area contributed by atoms with Crippen LogP contribution in [0.25, 0.3) is 0 Å². The summed E-state index contributed by atoms with van der Waals surface area (Å²) in [5.41, 5.74) is 1.91. The van der Waals surface area contributed by atoms with E-state index in [1.807, 2.05) is 40.6 Å². The highest BCUT2D eigenvalue weighted by Gasteiger charge is 2.44. The predicted molar refractivity (Wildman–Crippen MR) is 133 cm³/mol. The molecule has 1 aliphatic heterocycles. The van der Waals surface area contributed by atoms with Gasteiger partial charge >= 0.3 is 5.97 Å². The van der Waals surface area contributed by atoms with Gasteiger partial charge in [-0.2, -0.15) is 0 Å². The van der Waals surface area contributed by atoms with Crippen molar-refractivity contribution in [1.29, 1.82) is 0 Å². The number of ether oxygens (including phenoxy) is 1. The van der Waals surface area contributed by atoms with Crippen LogP contribution in [0.15, 0.2) is 66.0 Å². The molecule has 0 bridgehead atoms. The van der Waals surface area contributed by atoms with Crippen LogP contribution >= 0.6 is 11.3 Å². The molecule has 2 amide bonds. The number of rotatable bonds is 7. The molecule has 0 spiro atoms. The highest BCUT2D eigenvalue weighted by molar-refractivity contribution is 7.10. The summed E-state index contributed by atoms with van der Waals surface area (Å²) in [7, 11) is 0. The maximum atomic E-state index is 13.9. The summed E-state index contributed by atoms with van der Waals surface area (Å²) in [6.45, 7) is 6.63. The van der Waals surface area contributed by atoms with Crippen LogP contribution in [0.3, 0.4) is 0 Å². The summed E-state index contributed by atoms with van der Waals surface area (Å²) in [6.07, 6.45) is 0. The molecule has 6 nitrogen and oxygen atoms in total. The second-order valence-corrected chi connectivity index (χ2v) is 9.61. The van der Waals surface area contributed by atoms with Crippen molar-refractivity contribution in [3.63, 3.8) is 0 Å². The molecular weight excluding hydrogens is 448 g/mol. The number of amides is 2. The SMILES string of the molecule is CCOC(=O)c1ccccc1NC(=O)[C@H]1c2ccccc2C(=O)N(CC(C)C)[C@@H]1c1cccs1. The molecule has 34 heavy (non-hydrogen) atoms. The Morgan fingerprint density at radius 3 is 2.50 bits per heavy atom. The third-order valence-electron chi connectivity index (χ3n) is 5.80. The van der Waals surface area contributed by atoms with Crippen molar-refractivity contribution in [2.75, 3.05) is 18.5 Å². The van der Waals surface area contributed by atoms with E-state index in [1.54, 1.807) is 37.3 Å². The summed E-state index contributed by atoms with van der Waals surface area (Å²) in [5, 5.41) is 4.93. The Balaban J connectivity index is 1.79. The lowest BCUT2D eigenvalue weighted by atomic mass is 9.81. The number of carbonyl (C=O) groups is 3. The van der Waals surface area contributed by atoms with E-state index in [0.29, 0.717) is 28.9 Å². The molecule has 2 heterocycles. The Bertz CT molecular complexity index is 1190. The van der Waals surface area contributed by atoms with Crippen molar-refractivity contribution in [1.82, 2.24) is 4.90 Å². The third-order valence-corrected chi connectivity index (χ3v) is 6.74. The molecule has 1 aromatic heterocycles. The van der Waals surface area contributed by atoms with Crippen LogP contribution in [-0.2, 0) is 9.53 Å². The largest absolute Gasteiger partial charge is 0.462 e. The van der Waals surface area contributed by atoms with Crippen molar-refractivity contribution in [2.24, 2.45) is 5.92 Å². The van der Waals surface area contributed by atoms with Crippen LogP contribution < -0.4 is 5.32 Å². The average molecular weight is 477 g/mol. The molecule has 0 saturated carbocycles. The normalized spacial score (nSPS) is 17.4. The third kappa shape index (κ3) is 4.61. The first-order valence-corrected chi connectivity index (χ1v) is 12.3. The number of fused-ring (bicyclic) bond motifs is 1. The standard InChI is InChI=1S/C27H28N2O4S/c1-4-33-27(32)20-12-7-8-13-21(20)28-25(30)23-18-10-5-6-11-19(18)26(31)29(16-17(2)3)24(23)22-14-9-15-34-22/h5-15,17,23-24H,4,16H2,1-3H3,(H,28,30)/t23-,24+/m0/s1. The Kier molecular flexibility index (Phi) is 7.12. The second kappa shape index (κ2) is 10.2. The zero-order chi connectivity index (χ0) is 24.2. The summed E-state index contributed by atoms with van der Waals surface area (Å²) >= 11 is 1.53. The number of benzene rings is 2. The zero-order valence-electron chi connectivity index (χ0n) is 19.5. The van der Waals surface area contributed by atoms with Gasteiger partial charge in [-0.15, -0.1) is 11.3 Å². The molecule has 2 aromatic carbocycles. The van der Waals surface area contributed by atoms with Gasteiger partial charge in [0.05, 0.1) is 29.8 Å². The van der Waals surface area contributed by atoms with Gasteiger partial charge in [0.15, 0.2) is 0 Å². The van der Waals surface area contributed by atoms with E-state index in [4.69, 9.17) is 4.74 Å². The lowest BCUT2D eigenvalue weighted by Gasteiger charge is -2.42. The summed E-state index contributed by atoms with van der Waals surface area (Å²) in [5.74, 6) is -1.25. The van der Waals surface area contributed by atoms with Crippen LogP contribution in [0.5, 0.6) is 0 Å². The first-order valence-electron chi connectivity index (χ1n) is 11.4. The average Bonchev–Trinajstić information content (AvgIpc) is 3.35. The molecule has 7 heteroatoms. The predicted octanol–water partition coefficient (Wildman–Crippen LogP) is 5.50. The van der Waals surface area contributed by atoms with Crippen molar-refractivity contribution in [3.8, 4) is 0 Å². The minimum Gasteiger partial charge on any atom is -0.462 e. The highest BCUT2D eigenvalue weighted by Crippen LogP contribution is 2.45. The molecular formula is C27H28N2O4S. The zero-order valence-corrected chi connectivity index (χ0v) is 20.3. The molecule has 0 fully saturated rings. The Hall–Kier alpha value is -3.45. The number of esters is 1. The van der Waals surface area contributed by atoms with E-state index in [1.165, 1.54) is 11.3 Å². The van der Waals surface area contributed by atoms with Gasteiger partial charge < -0.3 is 15.0 Å². The van der Waals surface area contributed by atoms with Gasteiger partial charge in [0.1, 0.15) is 0 Å². The van der Waals surface area contributed by atoms with Crippen molar-refractivity contribution < 1.29 is 19.1 Å². The minimum absolute atomic E-state index is 0.0707. The molecule has 1 N–H and O–H groups in total. The first kappa shape index (κ1) is 23.7. The van der Waals surface area contributed by atoms with Crippen LogP contribution in [0.2, 0.25) is 0 Å². The van der Waals surface area contributed by atoms with Gasteiger partial charge in [0.25, 0.3) is 5.91 Å². The van der Waals surface area contributed by atoms with E-state index in [9.17, 15) is 14.4 Å². The number of thiophene rings is 1. The molecule has 0 aliphatic carbocycles. The number of hydrogen-bond acceptors (Lipinski definition) is 5. The molecule has 1 aliphatic rings. The minimum atomic E-state index is -0.637. The fourth-order valence-electron chi connectivity index (χ4n) is 4.44. The fourth-order valence-corrected chi connectivity index (χ4v) is 5.31. The summed E-state index contributed by atoms with van der Waals surface area (Å²) < 4.78 is 5.17. The van der Waals surface area contributed by atoms with E-state index in [0.717, 1.165) is 4.88 Å². The Morgan fingerprint density at radius 1 is 1.06 bits per heavy atom. The molecule has 0 radical (unpaired) electrons. The van der Waals surface area contributed by atoms with E-state index in [2.05, 4.69) is 19.2 Å². The Labute approximate surface area is 203 Å². The number of nitrogens with one attached hydrogen (secondary N) is 1. The van der Waals surface area contributed by atoms with Gasteiger partial charge in [-0.3, -0.25) is 9.59 Å². The summed E-state index contributed by atoms with van der Waals surface area (Å²) in [6, 6.07) is 17.6. The number of carbonyl (C=O) groups excluding carboxylic acids is 3. The molecule has 2 atom stereocenters. The maximum absolute atomic E-state index is 13.9. The van der Waals surface area contributed by atoms with Crippen LogP contribution in [0, 0.1) is 5.92 Å². The summed E-state index contributed by atoms with van der Waals surface area (Å²) in [4.78, 5) is 42.7. The lowest BCUT2D eigenvalue weighted by molar-refractivity contribution is -0.119. The number of nitrogens with zero attached hydrogens (tertiary/aromatic N) is 1. The van der Waals surface area contributed by atoms with E-state index in [-0.39, 0.29) is 24.3 Å². The van der Waals surface area contributed by atoms with Crippen molar-refractivity contribution in [3.05, 3.63) is 87.6 Å². The van der Waals surface area contributed by atoms with Crippen molar-refractivity contribution >= 4 is 34.8 Å². The smallest absolute Gasteiger partial charge is 0.340 e. The van der Waals surface area contributed by atoms with Crippen LogP contribution in [0.4, 0.5) is 5.69 Å². The molecule has 3 aromatic rings. The lowest BCUT2D eigenvalue weighted by Crippen LogP contribution is -2.47. The number of hydrogen-bond donors (Lipinski definition) is 1. The van der Waals surface area contributed by atoms with Crippen LogP contribution in [0.1, 0.15) is 63.9 Å². The molecule has 176 valence electrons. The van der Waals surface area contributed by atoms with Crippen molar-refractivity contribution in [2.45, 2.75) is 32.7 Å². The van der Waals surface area contributed by atoms with E-state index >= 15 is 0 Å². The van der Waals surface area contributed by atoms with E-state index < -0.39 is 17.9 Å². The second-order valence-electron chi connectivity index (χ2n) is 8.63. The van der Waals surface area contributed by atoms with Gasteiger partial charge in [-0.05, 0) is 48.1 Å². The van der Waals surface area contributed by atoms with Gasteiger partial charge in [-0.25, -0.2) is 4.79 Å². The fraction of sp³-hybridized carbons (Fsp3) is 0.296. The molecule has 4 rings (SSSR count). The monoisotopic (exact) mass is 476 g/mol. The highest BCUT2D eigenvalue weighted by atomic mass is 32.1.